The summed E-state index contributed by atoms with van der Waals surface area (Å²) in [6.07, 6.45) is 4.89. The highest BCUT2D eigenvalue weighted by molar-refractivity contribution is 8.08. The number of fused-ring (bicyclic) bond motifs is 9. The Balaban J connectivity index is 1.23. The Kier molecular flexibility index (Phi) is 8.38. The average molecular weight is 732 g/mol. The number of H-pyrrole nitrogens is 2. The van der Waals surface area contributed by atoms with Crippen LogP contribution in [-0.2, 0) is 23.2 Å². The second kappa shape index (κ2) is 12.8. The van der Waals surface area contributed by atoms with Gasteiger partial charge < -0.3 is 24.5 Å². The number of aromatic amines is 2. The first-order valence-electron chi connectivity index (χ1n) is 16.4. The molecule has 0 spiro atoms. The third-order valence-corrected chi connectivity index (χ3v) is 11.6. The van der Waals surface area contributed by atoms with E-state index in [9.17, 15) is 9.90 Å². The van der Waals surface area contributed by atoms with Gasteiger partial charge in [-0.3, -0.25) is 4.79 Å². The van der Waals surface area contributed by atoms with Crippen molar-refractivity contribution in [1.82, 2.24) is 24.7 Å². The van der Waals surface area contributed by atoms with Gasteiger partial charge in [-0.2, -0.15) is 5.10 Å². The molecule has 5 heterocycles. The minimum absolute atomic E-state index is 0.00749. The van der Waals surface area contributed by atoms with E-state index in [1.54, 1.807) is 30.6 Å². The number of thioether (sulfide) groups is 1. The predicted molar refractivity (Wildman–Crippen MR) is 192 cm³/mol. The number of halogens is 3. The molecule has 4 bridgehead atoms. The molecule has 1 saturated heterocycles. The molecule has 0 amide bonds. The van der Waals surface area contributed by atoms with Crippen molar-refractivity contribution in [3.63, 3.8) is 0 Å². The molecule has 4 unspecified atom stereocenters. The first kappa shape index (κ1) is 33.4. The van der Waals surface area contributed by atoms with Crippen molar-refractivity contribution in [2.75, 3.05) is 6.61 Å². The monoisotopic (exact) mass is 731 g/mol. The summed E-state index contributed by atoms with van der Waals surface area (Å²) in [6.45, 7) is 1.00. The molecule has 6 aromatic rings. The molecule has 0 radical (unpaired) electrons. The van der Waals surface area contributed by atoms with Gasteiger partial charge in [-0.1, -0.05) is 30.3 Å². The number of nitrogens with zero attached hydrogens (tertiary/aromatic N) is 3. The van der Waals surface area contributed by atoms with Gasteiger partial charge in [0.15, 0.2) is 18.2 Å². The lowest BCUT2D eigenvalue weighted by Gasteiger charge is -2.31. The van der Waals surface area contributed by atoms with Crippen molar-refractivity contribution < 1.29 is 32.5 Å². The third kappa shape index (κ3) is 6.49. The van der Waals surface area contributed by atoms with E-state index in [1.807, 2.05) is 37.3 Å². The number of alkyl halides is 2. The van der Waals surface area contributed by atoms with Crippen LogP contribution in [0.25, 0.3) is 22.3 Å². The van der Waals surface area contributed by atoms with Crippen LogP contribution < -0.4 is 14.8 Å². The Morgan fingerprint density at radius 3 is 2.84 bits per heavy atom. The van der Waals surface area contributed by atoms with Crippen LogP contribution >= 0.6 is 21.0 Å². The lowest BCUT2D eigenvalue weighted by atomic mass is 9.75. The summed E-state index contributed by atoms with van der Waals surface area (Å²) >= 11 is 1.41. The Labute approximate surface area is 297 Å². The Bertz CT molecular complexity index is 2290. The zero-order valence-electron chi connectivity index (χ0n) is 27.3. The third-order valence-electron chi connectivity index (χ3n) is 9.77. The first-order valence-corrected chi connectivity index (χ1v) is 17.9. The fourth-order valence-electron chi connectivity index (χ4n) is 6.77. The number of imidazole rings is 1. The topological polar surface area (TPSA) is 118 Å². The highest BCUT2D eigenvalue weighted by Crippen LogP contribution is 2.45. The zero-order chi connectivity index (χ0) is 35.5. The number of ether oxygens (including phenoxy) is 2. The molecule has 2 aliphatic rings. The molecule has 51 heavy (non-hydrogen) atoms. The van der Waals surface area contributed by atoms with Gasteiger partial charge in [-0.25, -0.2) is 22.8 Å². The van der Waals surface area contributed by atoms with E-state index in [0.29, 0.717) is 45.7 Å². The summed E-state index contributed by atoms with van der Waals surface area (Å²) < 4.78 is 60.8. The van der Waals surface area contributed by atoms with E-state index >= 15 is 13.2 Å². The van der Waals surface area contributed by atoms with E-state index in [-0.39, 0.29) is 29.8 Å². The number of hydrogen-bond donors (Lipinski definition) is 3. The molecule has 2 aliphatic heterocycles. The minimum atomic E-state index is -3.23. The zero-order valence-corrected chi connectivity index (χ0v) is 29.3. The molecule has 3 N–H and O–H groups in total. The number of hydrogen-bond acceptors (Lipinski definition) is 6. The molecule has 14 heteroatoms. The molecule has 3 aromatic heterocycles. The second-order valence-corrected chi connectivity index (χ2v) is 15.3. The van der Waals surface area contributed by atoms with Crippen LogP contribution in [0.1, 0.15) is 42.1 Å². The summed E-state index contributed by atoms with van der Waals surface area (Å²) in [7, 11) is 2.68. The van der Waals surface area contributed by atoms with Crippen LogP contribution in [0.2, 0.25) is 0 Å². The van der Waals surface area contributed by atoms with Gasteiger partial charge in [0.05, 0.1) is 12.7 Å². The Morgan fingerprint density at radius 2 is 2.02 bits per heavy atom. The number of aromatic nitrogens is 5. The highest BCUT2D eigenvalue weighted by atomic mass is 32.2. The maximum Gasteiger partial charge on any atom is 0.317 e. The molecule has 0 saturated carbocycles. The number of carbonyl (C=O) groups is 1. The number of carboxylic acids is 1. The molecule has 8 rings (SSSR count). The summed E-state index contributed by atoms with van der Waals surface area (Å²) in [4.78, 5) is 22.6. The van der Waals surface area contributed by atoms with Gasteiger partial charge in [0.2, 0.25) is 5.88 Å². The van der Waals surface area contributed by atoms with E-state index in [1.165, 1.54) is 34.8 Å². The van der Waals surface area contributed by atoms with Crippen LogP contribution in [-0.4, -0.2) is 58.8 Å². The quantitative estimate of drug-likeness (QED) is 0.127. The Morgan fingerprint density at radius 1 is 1.16 bits per heavy atom. The predicted octanol–water partition coefficient (Wildman–Crippen LogP) is 7.46. The molecule has 262 valence electrons. The lowest BCUT2D eigenvalue weighted by molar-refractivity contribution is -0.135. The van der Waals surface area contributed by atoms with Gasteiger partial charge in [0.25, 0.3) is 5.92 Å². The van der Waals surface area contributed by atoms with Crippen LogP contribution in [0.4, 0.5) is 13.2 Å². The maximum atomic E-state index is 15.8. The molecular formula is C37H33F3N5O4PS. The van der Waals surface area contributed by atoms with Crippen molar-refractivity contribution in [3.05, 3.63) is 107 Å². The molecular weight excluding hydrogens is 698 g/mol. The maximum absolute atomic E-state index is 15.8. The van der Waals surface area contributed by atoms with E-state index in [0.717, 1.165) is 16.4 Å². The highest BCUT2D eigenvalue weighted by Gasteiger charge is 2.44. The minimum Gasteiger partial charge on any atom is -0.480 e. The number of benzene rings is 3. The fraction of sp³-hybridized carbons (Fsp3) is 0.270. The first-order chi connectivity index (χ1) is 24.5. The molecule has 1 fully saturated rings. The van der Waals surface area contributed by atoms with Gasteiger partial charge in [-0.15, -0.1) is 21.0 Å². The smallest absolute Gasteiger partial charge is 0.317 e. The second-order valence-electron chi connectivity index (χ2n) is 13.2. The molecule has 9 nitrogen and oxygen atoms in total. The van der Waals surface area contributed by atoms with E-state index in [4.69, 9.17) is 14.5 Å². The molecule has 4 atom stereocenters. The standard InChI is InChI=1S/C37H33F3N5O4PS/c1-36(21-4-2-3-20(13-21)14-29-33(51-29)35(46)47)9-10-37(39,40)19-48-31-8-12-43-45(31)18-25-23-7-11-41-27(23)16-26(38)32(25)49-22-5-6-28(50)24(15-22)34-42-17-30(36)44-34/h2-8,11-13,15-17,29,33,41H,9-10,14,18-19,50H2,1H3,(H,42,44)(H,46,47). The van der Waals surface area contributed by atoms with Crippen LogP contribution in [0.5, 0.6) is 17.4 Å². The van der Waals surface area contributed by atoms with E-state index in [2.05, 4.69) is 24.3 Å². The van der Waals surface area contributed by atoms with Crippen molar-refractivity contribution in [2.45, 2.75) is 54.6 Å². The summed E-state index contributed by atoms with van der Waals surface area (Å²) in [5, 5.41) is 14.7. The average Bonchev–Trinajstić information content (AvgIpc) is 3.46. The van der Waals surface area contributed by atoms with Crippen molar-refractivity contribution in [2.24, 2.45) is 0 Å². The summed E-state index contributed by atoms with van der Waals surface area (Å²) in [5.74, 6) is -3.73. The number of nitrogens with one attached hydrogen (secondary N) is 2. The Hall–Kier alpha value is -4.74. The number of rotatable bonds is 4. The normalized spacial score (nSPS) is 21.4. The SMILES string of the molecule is CC1(c2cccc(CC3SC3C(=O)O)c2)CCC(F)(F)COc2ccnn2Cc2c(c(F)cc3[nH]ccc23)Oc2ccc(P)c(c2)-c2ncc1[nH]2. The lowest BCUT2D eigenvalue weighted by Crippen LogP contribution is -2.32. The van der Waals surface area contributed by atoms with Gasteiger partial charge in [0, 0.05) is 69.3 Å². The molecule has 0 aliphatic carbocycles. The summed E-state index contributed by atoms with van der Waals surface area (Å²) in [5.41, 5.74) is 3.08. The number of carboxylic acid groups (broad SMARTS) is 1. The fourth-order valence-corrected chi connectivity index (χ4v) is 7.99. The van der Waals surface area contributed by atoms with Crippen molar-refractivity contribution >= 4 is 43.2 Å². The van der Waals surface area contributed by atoms with Gasteiger partial charge in [0.1, 0.15) is 16.8 Å². The van der Waals surface area contributed by atoms with Crippen LogP contribution in [0.15, 0.2) is 79.3 Å². The van der Waals surface area contributed by atoms with Crippen LogP contribution in [0, 0.1) is 5.82 Å². The summed E-state index contributed by atoms with van der Waals surface area (Å²) in [6, 6.07) is 17.7. The molecule has 3 aromatic carbocycles. The van der Waals surface area contributed by atoms with Crippen molar-refractivity contribution in [1.29, 1.82) is 0 Å². The van der Waals surface area contributed by atoms with Crippen LogP contribution in [0.3, 0.4) is 0 Å². The number of aliphatic carboxylic acids is 1. The van der Waals surface area contributed by atoms with Gasteiger partial charge >= 0.3 is 5.97 Å². The van der Waals surface area contributed by atoms with Crippen molar-refractivity contribution in [3.8, 4) is 28.8 Å². The van der Waals surface area contributed by atoms with E-state index < -0.39 is 41.4 Å². The largest absolute Gasteiger partial charge is 0.480 e. The van der Waals surface area contributed by atoms with Gasteiger partial charge in [-0.05, 0) is 54.4 Å².